The molecule has 3 rings (SSSR count). The smallest absolute Gasteiger partial charge is 0.161 e. The molecule has 1 aliphatic heterocycles. The van der Waals surface area contributed by atoms with Gasteiger partial charge in [0.15, 0.2) is 5.17 Å². The summed E-state index contributed by atoms with van der Waals surface area (Å²) in [6.07, 6.45) is 4.87. The van der Waals surface area contributed by atoms with Crippen LogP contribution in [-0.4, -0.2) is 16.5 Å². The van der Waals surface area contributed by atoms with E-state index in [1.165, 1.54) is 31.7 Å². The molecular weight excluding hydrogens is 315 g/mol. The SMILES string of the molecule is Fc1cccc(Br)c1NC1=NC2(CCCC2)CS1. The van der Waals surface area contributed by atoms with Crippen LogP contribution in [0.15, 0.2) is 27.7 Å². The predicted molar refractivity (Wildman–Crippen MR) is 78.8 cm³/mol. The summed E-state index contributed by atoms with van der Waals surface area (Å²) in [6.45, 7) is 0. The van der Waals surface area contributed by atoms with E-state index in [0.717, 1.165) is 15.4 Å². The van der Waals surface area contributed by atoms with Crippen molar-refractivity contribution in [2.45, 2.75) is 31.2 Å². The Hall–Kier alpha value is -0.550. The topological polar surface area (TPSA) is 24.4 Å². The molecular formula is C13H14BrFN2S. The molecule has 1 aromatic carbocycles. The molecule has 1 fully saturated rings. The van der Waals surface area contributed by atoms with E-state index in [4.69, 9.17) is 4.99 Å². The van der Waals surface area contributed by atoms with Gasteiger partial charge in [0.1, 0.15) is 5.82 Å². The Morgan fingerprint density at radius 1 is 1.33 bits per heavy atom. The first-order valence-corrected chi connectivity index (χ1v) is 7.90. The summed E-state index contributed by atoms with van der Waals surface area (Å²) < 4.78 is 14.5. The second-order valence-corrected chi connectivity index (χ2v) is 6.68. The maximum Gasteiger partial charge on any atom is 0.161 e. The number of halogens is 2. The minimum absolute atomic E-state index is 0.130. The summed E-state index contributed by atoms with van der Waals surface area (Å²) >= 11 is 5.06. The zero-order valence-electron chi connectivity index (χ0n) is 9.88. The van der Waals surface area contributed by atoms with Gasteiger partial charge in [0.05, 0.1) is 11.2 Å². The van der Waals surface area contributed by atoms with E-state index in [1.807, 2.05) is 6.07 Å². The molecule has 1 heterocycles. The first-order valence-electron chi connectivity index (χ1n) is 6.12. The number of anilines is 1. The minimum Gasteiger partial charge on any atom is -0.332 e. The Balaban J connectivity index is 1.81. The molecule has 0 bridgehead atoms. The fraction of sp³-hybridized carbons (Fsp3) is 0.462. The number of hydrogen-bond donors (Lipinski definition) is 1. The molecule has 0 amide bonds. The van der Waals surface area contributed by atoms with Crippen LogP contribution in [0.3, 0.4) is 0 Å². The fourth-order valence-electron chi connectivity index (χ4n) is 2.56. The standard InChI is InChI=1S/C13H14BrFN2S/c14-9-4-3-5-10(15)11(9)16-12-17-13(8-18-12)6-1-2-7-13/h3-5H,1-2,6-8H2,(H,16,17). The number of aliphatic imine (C=N–C) groups is 1. The third kappa shape index (κ3) is 2.30. The molecule has 0 saturated heterocycles. The molecule has 2 aliphatic rings. The van der Waals surface area contributed by atoms with Crippen molar-refractivity contribution in [1.29, 1.82) is 0 Å². The van der Waals surface area contributed by atoms with Crippen LogP contribution >= 0.6 is 27.7 Å². The maximum absolute atomic E-state index is 13.7. The Morgan fingerprint density at radius 2 is 2.11 bits per heavy atom. The number of benzene rings is 1. The predicted octanol–water partition coefficient (Wildman–Crippen LogP) is 4.42. The highest BCUT2D eigenvalue weighted by atomic mass is 79.9. The van der Waals surface area contributed by atoms with Gasteiger partial charge in [-0.2, -0.15) is 0 Å². The highest BCUT2D eigenvalue weighted by molar-refractivity contribution is 9.10. The van der Waals surface area contributed by atoms with Crippen molar-refractivity contribution in [3.8, 4) is 0 Å². The van der Waals surface area contributed by atoms with Gasteiger partial charge in [0.2, 0.25) is 0 Å². The van der Waals surface area contributed by atoms with Crippen molar-refractivity contribution in [3.05, 3.63) is 28.5 Å². The summed E-state index contributed by atoms with van der Waals surface area (Å²) in [4.78, 5) is 4.78. The van der Waals surface area contributed by atoms with Gasteiger partial charge in [-0.3, -0.25) is 4.99 Å². The van der Waals surface area contributed by atoms with Gasteiger partial charge in [-0.25, -0.2) is 4.39 Å². The van der Waals surface area contributed by atoms with E-state index in [1.54, 1.807) is 17.8 Å². The number of nitrogens with one attached hydrogen (secondary N) is 1. The van der Waals surface area contributed by atoms with Crippen LogP contribution in [0.2, 0.25) is 0 Å². The molecule has 1 spiro atoms. The largest absolute Gasteiger partial charge is 0.332 e. The number of nitrogens with zero attached hydrogens (tertiary/aromatic N) is 1. The second kappa shape index (κ2) is 4.85. The summed E-state index contributed by atoms with van der Waals surface area (Å²) in [5.74, 6) is 0.779. The molecule has 2 nitrogen and oxygen atoms in total. The van der Waals surface area contributed by atoms with E-state index in [-0.39, 0.29) is 11.4 Å². The first kappa shape index (κ1) is 12.5. The van der Waals surface area contributed by atoms with E-state index in [9.17, 15) is 4.39 Å². The lowest BCUT2D eigenvalue weighted by Crippen LogP contribution is -2.21. The van der Waals surface area contributed by atoms with Crippen LogP contribution in [0.1, 0.15) is 25.7 Å². The number of thioether (sulfide) groups is 1. The van der Waals surface area contributed by atoms with Crippen molar-refractivity contribution in [2.75, 3.05) is 11.1 Å². The molecule has 0 aromatic heterocycles. The fourth-order valence-corrected chi connectivity index (χ4v) is 4.19. The zero-order chi connectivity index (χ0) is 12.6. The lowest BCUT2D eigenvalue weighted by Gasteiger charge is -2.16. The highest BCUT2D eigenvalue weighted by Crippen LogP contribution is 2.41. The van der Waals surface area contributed by atoms with Crippen LogP contribution in [-0.2, 0) is 0 Å². The van der Waals surface area contributed by atoms with Gasteiger partial charge in [0, 0.05) is 10.2 Å². The molecule has 96 valence electrons. The van der Waals surface area contributed by atoms with Gasteiger partial charge in [-0.05, 0) is 40.9 Å². The Labute approximate surface area is 119 Å². The van der Waals surface area contributed by atoms with Crippen LogP contribution < -0.4 is 5.32 Å². The number of amidine groups is 1. The van der Waals surface area contributed by atoms with Crippen molar-refractivity contribution < 1.29 is 4.39 Å². The van der Waals surface area contributed by atoms with Gasteiger partial charge < -0.3 is 5.32 Å². The number of rotatable bonds is 1. The Morgan fingerprint density at radius 3 is 2.83 bits per heavy atom. The average Bonchev–Trinajstić information content (AvgIpc) is 2.96. The van der Waals surface area contributed by atoms with Crippen molar-refractivity contribution in [3.63, 3.8) is 0 Å². The Bertz CT molecular complexity index is 478. The van der Waals surface area contributed by atoms with E-state index in [0.29, 0.717) is 5.69 Å². The van der Waals surface area contributed by atoms with Gasteiger partial charge in [0.25, 0.3) is 0 Å². The summed E-state index contributed by atoms with van der Waals surface area (Å²) in [7, 11) is 0. The summed E-state index contributed by atoms with van der Waals surface area (Å²) in [5, 5.41) is 3.97. The lowest BCUT2D eigenvalue weighted by atomic mass is 10.0. The normalized spacial score (nSPS) is 21.3. The molecule has 1 aliphatic carbocycles. The van der Waals surface area contributed by atoms with Crippen molar-refractivity contribution in [1.82, 2.24) is 0 Å². The molecule has 1 N–H and O–H groups in total. The zero-order valence-corrected chi connectivity index (χ0v) is 12.3. The van der Waals surface area contributed by atoms with Crippen molar-refractivity contribution in [2.24, 2.45) is 4.99 Å². The summed E-state index contributed by atoms with van der Waals surface area (Å²) in [5.41, 5.74) is 0.615. The van der Waals surface area contributed by atoms with Gasteiger partial charge in [-0.15, -0.1) is 0 Å². The third-order valence-electron chi connectivity index (χ3n) is 3.55. The van der Waals surface area contributed by atoms with E-state index >= 15 is 0 Å². The van der Waals surface area contributed by atoms with Crippen LogP contribution in [0.25, 0.3) is 0 Å². The molecule has 0 radical (unpaired) electrons. The third-order valence-corrected chi connectivity index (χ3v) is 5.35. The van der Waals surface area contributed by atoms with E-state index in [2.05, 4.69) is 21.2 Å². The van der Waals surface area contributed by atoms with Gasteiger partial charge in [-0.1, -0.05) is 30.7 Å². The number of para-hydroxylation sites is 1. The van der Waals surface area contributed by atoms with E-state index < -0.39 is 0 Å². The lowest BCUT2D eigenvalue weighted by molar-refractivity contribution is 0.508. The monoisotopic (exact) mass is 328 g/mol. The Kier molecular flexibility index (Phi) is 3.36. The molecule has 0 unspecified atom stereocenters. The first-order chi connectivity index (χ1) is 8.69. The number of hydrogen-bond acceptors (Lipinski definition) is 3. The maximum atomic E-state index is 13.7. The molecule has 0 atom stereocenters. The average molecular weight is 329 g/mol. The van der Waals surface area contributed by atoms with Crippen LogP contribution in [0.5, 0.6) is 0 Å². The minimum atomic E-state index is -0.250. The van der Waals surface area contributed by atoms with Gasteiger partial charge >= 0.3 is 0 Å². The highest BCUT2D eigenvalue weighted by Gasteiger charge is 2.38. The quantitative estimate of drug-likeness (QED) is 0.825. The molecule has 1 aromatic rings. The molecule has 1 saturated carbocycles. The molecule has 5 heteroatoms. The van der Waals surface area contributed by atoms with Crippen LogP contribution in [0, 0.1) is 5.82 Å². The van der Waals surface area contributed by atoms with Crippen LogP contribution in [0.4, 0.5) is 10.1 Å². The van der Waals surface area contributed by atoms with Crippen molar-refractivity contribution >= 4 is 38.5 Å². The molecule has 18 heavy (non-hydrogen) atoms. The second-order valence-electron chi connectivity index (χ2n) is 4.86. The summed E-state index contributed by atoms with van der Waals surface area (Å²) in [6, 6.07) is 4.97.